The van der Waals surface area contributed by atoms with Crippen molar-refractivity contribution in [2.45, 2.75) is 104 Å². The number of rotatable bonds is 6. The zero-order valence-corrected chi connectivity index (χ0v) is 25.5. The van der Waals surface area contributed by atoms with Gasteiger partial charge in [-0.25, -0.2) is 0 Å². The number of ketones is 3. The predicted molar refractivity (Wildman–Crippen MR) is 149 cm³/mol. The number of hydrogen-bond donors (Lipinski definition) is 4. The topological polar surface area (TPSA) is 158 Å². The first kappa shape index (κ1) is 31.7. The van der Waals surface area contributed by atoms with Crippen LogP contribution in [0.1, 0.15) is 81.1 Å². The summed E-state index contributed by atoms with van der Waals surface area (Å²) in [6.45, 7) is 12.6. The van der Waals surface area contributed by atoms with Gasteiger partial charge in [0.05, 0.1) is 18.1 Å². The molecule has 0 bridgehead atoms. The number of carbonyl (C=O) groups is 4. The third kappa shape index (κ3) is 4.33. The summed E-state index contributed by atoms with van der Waals surface area (Å²) in [4.78, 5) is 52.2. The highest BCUT2D eigenvalue weighted by molar-refractivity contribution is 5.98. The Bertz CT molecular complexity index is 1230. The molecule has 0 aliphatic heterocycles. The molecule has 0 spiro atoms. The van der Waals surface area contributed by atoms with Crippen LogP contribution in [-0.2, 0) is 23.9 Å². The van der Waals surface area contributed by atoms with E-state index in [2.05, 4.69) is 0 Å². The van der Waals surface area contributed by atoms with E-state index >= 15 is 0 Å². The Morgan fingerprint density at radius 2 is 1.71 bits per heavy atom. The SMILES string of the molecule is CC(=O)OC(C)(C)/C=C/C(=O)[C@](C)(O)[C@@H]1[C@H](O)C[C@]2(C)[C@@H]3CC=C4[C@H](C[C@H](O)C(=O)C4(C)C)[C@]3(CO)C(=O)C[C@]12C. The number of fused-ring (bicyclic) bond motifs is 5. The normalized spacial score (nSPS) is 41.7. The van der Waals surface area contributed by atoms with Crippen LogP contribution >= 0.6 is 0 Å². The molecule has 41 heavy (non-hydrogen) atoms. The number of Topliss-reactive ketones (excluding diaryl/α,β-unsaturated/α-hetero) is 2. The lowest BCUT2D eigenvalue weighted by molar-refractivity contribution is -0.192. The van der Waals surface area contributed by atoms with Crippen molar-refractivity contribution in [3.8, 4) is 0 Å². The maximum absolute atomic E-state index is 14.4. The lowest BCUT2D eigenvalue weighted by Gasteiger charge is -2.64. The summed E-state index contributed by atoms with van der Waals surface area (Å²) in [5.41, 5.74) is -6.45. The summed E-state index contributed by atoms with van der Waals surface area (Å²) in [5.74, 6) is -3.76. The van der Waals surface area contributed by atoms with Crippen LogP contribution in [0.15, 0.2) is 23.8 Å². The third-order valence-corrected chi connectivity index (χ3v) is 11.5. The number of esters is 1. The van der Waals surface area contributed by atoms with Crippen molar-refractivity contribution in [2.75, 3.05) is 6.61 Å². The second-order valence-electron chi connectivity index (χ2n) is 14.7. The standard InChI is InChI=1S/C32H46O9/c1-17(34)41-27(2,3)12-11-23(37)31(8,40)25-21(36)14-29(6)22-10-9-18-19(13-20(35)26(39)28(18,4)5)32(22,16-33)24(38)15-30(25,29)7/h9,11-12,19-22,25,33,35-36,40H,10,13-16H2,1-8H3/b12-11+/t19-,20-,21+,22-,25+,29+,30+,31-,32-/m0/s1. The maximum atomic E-state index is 14.4. The molecule has 0 aromatic carbocycles. The van der Waals surface area contributed by atoms with Gasteiger partial charge in [-0.3, -0.25) is 19.2 Å². The molecule has 0 amide bonds. The Morgan fingerprint density at radius 3 is 2.27 bits per heavy atom. The molecule has 0 radical (unpaired) electrons. The third-order valence-electron chi connectivity index (χ3n) is 11.5. The average molecular weight is 575 g/mol. The minimum Gasteiger partial charge on any atom is -0.456 e. The first-order valence-corrected chi connectivity index (χ1v) is 14.5. The van der Waals surface area contributed by atoms with E-state index in [0.29, 0.717) is 6.42 Å². The first-order chi connectivity index (χ1) is 18.6. The number of aliphatic hydroxyl groups is 4. The van der Waals surface area contributed by atoms with Gasteiger partial charge in [0, 0.05) is 24.7 Å². The van der Waals surface area contributed by atoms with Gasteiger partial charge in [-0.2, -0.15) is 0 Å². The molecular weight excluding hydrogens is 528 g/mol. The lowest BCUT2D eigenvalue weighted by Crippen LogP contribution is -2.67. The van der Waals surface area contributed by atoms with E-state index in [0.717, 1.165) is 11.6 Å². The molecule has 3 saturated carbocycles. The number of hydrogen-bond acceptors (Lipinski definition) is 9. The molecule has 0 saturated heterocycles. The highest BCUT2D eigenvalue weighted by Gasteiger charge is 2.75. The van der Waals surface area contributed by atoms with Crippen LogP contribution in [0.5, 0.6) is 0 Å². The molecule has 4 aliphatic rings. The summed E-state index contributed by atoms with van der Waals surface area (Å²) >= 11 is 0. The van der Waals surface area contributed by atoms with E-state index in [1.54, 1.807) is 27.7 Å². The Morgan fingerprint density at radius 1 is 1.10 bits per heavy atom. The van der Waals surface area contributed by atoms with Crippen molar-refractivity contribution in [2.24, 2.45) is 39.4 Å². The van der Waals surface area contributed by atoms with Gasteiger partial charge < -0.3 is 25.2 Å². The van der Waals surface area contributed by atoms with Crippen molar-refractivity contribution in [1.82, 2.24) is 0 Å². The molecule has 4 N–H and O–H groups in total. The molecule has 9 atom stereocenters. The van der Waals surface area contributed by atoms with E-state index in [-0.39, 0.29) is 30.8 Å². The van der Waals surface area contributed by atoms with Crippen molar-refractivity contribution in [3.05, 3.63) is 23.8 Å². The minimum absolute atomic E-state index is 0.0365. The smallest absolute Gasteiger partial charge is 0.303 e. The number of aliphatic hydroxyl groups excluding tert-OH is 3. The zero-order valence-electron chi connectivity index (χ0n) is 25.5. The van der Waals surface area contributed by atoms with Crippen LogP contribution in [0.2, 0.25) is 0 Å². The van der Waals surface area contributed by atoms with Gasteiger partial charge in [-0.15, -0.1) is 0 Å². The molecule has 0 aromatic heterocycles. The van der Waals surface area contributed by atoms with E-state index < -0.39 is 81.2 Å². The summed E-state index contributed by atoms with van der Waals surface area (Å²) in [7, 11) is 0. The summed E-state index contributed by atoms with van der Waals surface area (Å²) in [6.07, 6.45) is 2.66. The fourth-order valence-electron chi connectivity index (χ4n) is 9.47. The van der Waals surface area contributed by atoms with Gasteiger partial charge in [0.2, 0.25) is 0 Å². The van der Waals surface area contributed by atoms with Crippen molar-refractivity contribution in [1.29, 1.82) is 0 Å². The summed E-state index contributed by atoms with van der Waals surface area (Å²) in [6, 6.07) is 0. The molecule has 0 heterocycles. The molecule has 4 rings (SSSR count). The number of ether oxygens (including phenoxy) is 1. The van der Waals surface area contributed by atoms with Gasteiger partial charge in [0.15, 0.2) is 11.6 Å². The van der Waals surface area contributed by atoms with Crippen LogP contribution < -0.4 is 0 Å². The Labute approximate surface area is 242 Å². The molecule has 4 aliphatic carbocycles. The Balaban J connectivity index is 1.78. The summed E-state index contributed by atoms with van der Waals surface area (Å²) < 4.78 is 5.22. The highest BCUT2D eigenvalue weighted by Crippen LogP contribution is 2.74. The molecule has 0 aromatic rings. The van der Waals surface area contributed by atoms with Crippen molar-refractivity contribution in [3.63, 3.8) is 0 Å². The quantitative estimate of drug-likeness (QED) is 0.212. The first-order valence-electron chi connectivity index (χ1n) is 14.5. The number of carbonyl (C=O) groups excluding carboxylic acids is 4. The Kier molecular flexibility index (Phi) is 7.47. The molecule has 0 unspecified atom stereocenters. The second kappa shape index (κ2) is 9.66. The van der Waals surface area contributed by atoms with Crippen molar-refractivity contribution < 1.29 is 44.3 Å². The maximum Gasteiger partial charge on any atom is 0.303 e. The lowest BCUT2D eigenvalue weighted by atomic mass is 9.38. The van der Waals surface area contributed by atoms with Crippen LogP contribution in [0.4, 0.5) is 0 Å². The van der Waals surface area contributed by atoms with Gasteiger partial charge in [0.1, 0.15) is 23.1 Å². The van der Waals surface area contributed by atoms with Crippen LogP contribution in [0.25, 0.3) is 0 Å². The fourth-order valence-corrected chi connectivity index (χ4v) is 9.47. The fraction of sp³-hybridized carbons (Fsp3) is 0.750. The van der Waals surface area contributed by atoms with E-state index in [1.165, 1.54) is 19.9 Å². The largest absolute Gasteiger partial charge is 0.456 e. The monoisotopic (exact) mass is 574 g/mol. The van der Waals surface area contributed by atoms with Gasteiger partial charge in [-0.05, 0) is 88.7 Å². The highest BCUT2D eigenvalue weighted by atomic mass is 16.6. The van der Waals surface area contributed by atoms with Crippen LogP contribution in [0.3, 0.4) is 0 Å². The molecule has 9 heteroatoms. The molecule has 228 valence electrons. The number of allylic oxidation sites excluding steroid dienone is 2. The molecular formula is C32H46O9. The van der Waals surface area contributed by atoms with Gasteiger partial charge in [-0.1, -0.05) is 25.5 Å². The van der Waals surface area contributed by atoms with E-state index in [9.17, 15) is 39.6 Å². The van der Waals surface area contributed by atoms with Gasteiger partial charge >= 0.3 is 5.97 Å². The minimum atomic E-state index is -2.06. The van der Waals surface area contributed by atoms with Crippen molar-refractivity contribution >= 4 is 23.3 Å². The Hall–Kier alpha value is -2.20. The second-order valence-corrected chi connectivity index (χ2v) is 14.7. The van der Waals surface area contributed by atoms with Gasteiger partial charge in [0.25, 0.3) is 0 Å². The zero-order chi connectivity index (χ0) is 31.1. The molecule has 3 fully saturated rings. The van der Waals surface area contributed by atoms with Crippen LogP contribution in [-0.4, -0.2) is 73.8 Å². The average Bonchev–Trinajstić information content (AvgIpc) is 3.05. The van der Waals surface area contributed by atoms with E-state index in [4.69, 9.17) is 4.74 Å². The van der Waals surface area contributed by atoms with E-state index in [1.807, 2.05) is 19.9 Å². The van der Waals surface area contributed by atoms with Crippen LogP contribution in [0, 0.1) is 39.4 Å². The summed E-state index contributed by atoms with van der Waals surface area (Å²) in [5, 5.41) is 45.0. The predicted octanol–water partition coefficient (Wildman–Crippen LogP) is 2.47. The molecule has 9 nitrogen and oxygen atoms in total.